The second-order valence-corrected chi connectivity index (χ2v) is 10.1. The maximum Gasteiger partial charge on any atom is 0.227 e. The van der Waals surface area contributed by atoms with Crippen molar-refractivity contribution in [3.63, 3.8) is 0 Å². The van der Waals surface area contributed by atoms with Crippen molar-refractivity contribution in [2.45, 2.75) is 57.7 Å². The van der Waals surface area contributed by atoms with Gasteiger partial charge < -0.3 is 9.84 Å². The number of aliphatic hydroxyl groups excluding tert-OH is 1. The molecule has 0 saturated heterocycles. The van der Waals surface area contributed by atoms with Crippen molar-refractivity contribution in [1.29, 1.82) is 0 Å². The van der Waals surface area contributed by atoms with E-state index >= 15 is 0 Å². The number of benzene rings is 3. The molecule has 1 fully saturated rings. The summed E-state index contributed by atoms with van der Waals surface area (Å²) >= 11 is 0. The lowest BCUT2D eigenvalue weighted by Crippen LogP contribution is -2.35. The predicted molar refractivity (Wildman–Crippen MR) is 144 cm³/mol. The van der Waals surface area contributed by atoms with Gasteiger partial charge in [0.05, 0.1) is 23.0 Å². The summed E-state index contributed by atoms with van der Waals surface area (Å²) in [4.78, 5) is 2.33. The van der Waals surface area contributed by atoms with Crippen LogP contribution in [-0.4, -0.2) is 38.5 Å². The number of rotatable bonds is 11. The van der Waals surface area contributed by atoms with E-state index in [4.69, 9.17) is 9.84 Å². The summed E-state index contributed by atoms with van der Waals surface area (Å²) in [5, 5.41) is 16.0. The summed E-state index contributed by atoms with van der Waals surface area (Å²) in [6.45, 7) is 5.34. The molecular weight excluding hydrogens is 465 g/mol. The molecule has 1 aromatic heterocycles. The van der Waals surface area contributed by atoms with Crippen molar-refractivity contribution in [3.8, 4) is 17.3 Å². The lowest BCUT2D eigenvalue weighted by Gasteiger charge is -2.26. The van der Waals surface area contributed by atoms with Crippen LogP contribution in [-0.2, 0) is 13.0 Å². The van der Waals surface area contributed by atoms with Gasteiger partial charge in [-0.25, -0.2) is 9.07 Å². The molecule has 0 radical (unpaired) electrons. The van der Waals surface area contributed by atoms with Crippen molar-refractivity contribution in [1.82, 2.24) is 14.7 Å². The Hall–Kier alpha value is -3.48. The van der Waals surface area contributed by atoms with E-state index < -0.39 is 11.9 Å². The van der Waals surface area contributed by atoms with E-state index in [1.807, 2.05) is 60.7 Å². The van der Waals surface area contributed by atoms with Crippen LogP contribution in [0.3, 0.4) is 0 Å². The van der Waals surface area contributed by atoms with E-state index in [1.165, 1.54) is 6.07 Å². The zero-order chi connectivity index (χ0) is 25.8. The Balaban J connectivity index is 1.50. The third kappa shape index (κ3) is 6.09. The Bertz CT molecular complexity index is 1300. The number of para-hydroxylation sites is 2. The molecule has 0 aliphatic heterocycles. The van der Waals surface area contributed by atoms with Gasteiger partial charge in [0.15, 0.2) is 11.6 Å². The molecule has 4 aromatic rings. The highest BCUT2D eigenvalue weighted by Crippen LogP contribution is 2.38. The van der Waals surface area contributed by atoms with Crippen LogP contribution in [0, 0.1) is 5.82 Å². The average Bonchev–Trinajstić information content (AvgIpc) is 3.69. The molecule has 5 nitrogen and oxygen atoms in total. The van der Waals surface area contributed by atoms with Gasteiger partial charge in [-0.3, -0.25) is 4.90 Å². The fourth-order valence-electron chi connectivity index (χ4n) is 4.75. The predicted octanol–water partition coefficient (Wildman–Crippen LogP) is 6.50. The zero-order valence-corrected chi connectivity index (χ0v) is 21.4. The summed E-state index contributed by atoms with van der Waals surface area (Å²) in [5.41, 5.74) is 3.82. The standard InChI is InChI=1S/C31H34FN3O2/c1-22(2)30-27(21-34(24-17-18-24)20-26(36)19-23-11-5-3-6-12-23)31(37-29-16-10-9-15-28(29)32)35(33-30)25-13-7-4-8-14-25/h3-16,22,24,26,36H,17-21H2,1-2H3. The molecule has 0 spiro atoms. The maximum absolute atomic E-state index is 14.7. The Morgan fingerprint density at radius 1 is 0.973 bits per heavy atom. The van der Waals surface area contributed by atoms with Gasteiger partial charge in [-0.2, -0.15) is 5.10 Å². The van der Waals surface area contributed by atoms with Crippen molar-refractivity contribution >= 4 is 0 Å². The molecule has 1 N–H and O–H groups in total. The minimum absolute atomic E-state index is 0.137. The lowest BCUT2D eigenvalue weighted by molar-refractivity contribution is 0.103. The van der Waals surface area contributed by atoms with Gasteiger partial charge in [0.25, 0.3) is 0 Å². The molecule has 1 unspecified atom stereocenters. The molecule has 1 saturated carbocycles. The number of ether oxygens (including phenoxy) is 1. The number of aliphatic hydroxyl groups is 1. The molecule has 5 rings (SSSR count). The van der Waals surface area contributed by atoms with E-state index in [2.05, 4.69) is 18.7 Å². The van der Waals surface area contributed by atoms with E-state index in [9.17, 15) is 9.50 Å². The molecule has 37 heavy (non-hydrogen) atoms. The van der Waals surface area contributed by atoms with Crippen molar-refractivity contribution in [3.05, 3.63) is 108 Å². The Morgan fingerprint density at radius 2 is 1.62 bits per heavy atom. The summed E-state index contributed by atoms with van der Waals surface area (Å²) in [7, 11) is 0. The number of nitrogens with zero attached hydrogens (tertiary/aromatic N) is 3. The normalized spacial score (nSPS) is 14.3. The van der Waals surface area contributed by atoms with Gasteiger partial charge in [-0.05, 0) is 55.0 Å². The topological polar surface area (TPSA) is 50.5 Å². The fraction of sp³-hybridized carbons (Fsp3) is 0.323. The van der Waals surface area contributed by atoms with E-state index in [0.29, 0.717) is 31.4 Å². The van der Waals surface area contributed by atoms with E-state index in [1.54, 1.807) is 22.9 Å². The van der Waals surface area contributed by atoms with Crippen LogP contribution in [0.2, 0.25) is 0 Å². The van der Waals surface area contributed by atoms with Gasteiger partial charge in [0.2, 0.25) is 5.88 Å². The molecule has 1 heterocycles. The molecule has 0 bridgehead atoms. The zero-order valence-electron chi connectivity index (χ0n) is 21.4. The maximum atomic E-state index is 14.7. The van der Waals surface area contributed by atoms with Gasteiger partial charge in [0, 0.05) is 19.1 Å². The summed E-state index contributed by atoms with van der Waals surface area (Å²) < 4.78 is 22.8. The molecule has 1 aliphatic rings. The van der Waals surface area contributed by atoms with Crippen LogP contribution >= 0.6 is 0 Å². The highest BCUT2D eigenvalue weighted by Gasteiger charge is 2.33. The smallest absolute Gasteiger partial charge is 0.227 e. The molecule has 1 atom stereocenters. The van der Waals surface area contributed by atoms with E-state index in [-0.39, 0.29) is 11.7 Å². The first-order chi connectivity index (χ1) is 18.0. The summed E-state index contributed by atoms with van der Waals surface area (Å²) in [5.74, 6) is 0.400. The summed E-state index contributed by atoms with van der Waals surface area (Å²) in [6.07, 6.45) is 2.31. The fourth-order valence-corrected chi connectivity index (χ4v) is 4.75. The second-order valence-electron chi connectivity index (χ2n) is 10.1. The minimum atomic E-state index is -0.495. The number of hydrogen-bond donors (Lipinski definition) is 1. The molecule has 1 aliphatic carbocycles. The lowest BCUT2D eigenvalue weighted by atomic mass is 10.0. The Morgan fingerprint density at radius 3 is 2.27 bits per heavy atom. The van der Waals surface area contributed by atoms with Gasteiger partial charge in [0.1, 0.15) is 0 Å². The quantitative estimate of drug-likeness (QED) is 0.256. The molecule has 192 valence electrons. The van der Waals surface area contributed by atoms with E-state index in [0.717, 1.165) is 35.3 Å². The third-order valence-electron chi connectivity index (χ3n) is 6.74. The van der Waals surface area contributed by atoms with Gasteiger partial charge in [-0.15, -0.1) is 0 Å². The Kier molecular flexibility index (Phi) is 7.68. The number of aromatic nitrogens is 2. The molecular formula is C31H34FN3O2. The third-order valence-corrected chi connectivity index (χ3v) is 6.74. The van der Waals surface area contributed by atoms with Crippen LogP contribution < -0.4 is 4.74 Å². The van der Waals surface area contributed by atoms with Crippen LogP contribution in [0.5, 0.6) is 11.6 Å². The van der Waals surface area contributed by atoms with Gasteiger partial charge in [-0.1, -0.05) is 74.5 Å². The van der Waals surface area contributed by atoms with Gasteiger partial charge >= 0.3 is 0 Å². The SMILES string of the molecule is CC(C)c1nn(-c2ccccc2)c(Oc2ccccc2F)c1CN(CC(O)Cc1ccccc1)C1CC1. The Labute approximate surface area is 218 Å². The first-order valence-electron chi connectivity index (χ1n) is 13.0. The first-order valence-corrected chi connectivity index (χ1v) is 13.0. The van der Waals surface area contributed by atoms with Crippen molar-refractivity contribution in [2.24, 2.45) is 0 Å². The molecule has 3 aromatic carbocycles. The largest absolute Gasteiger partial charge is 0.435 e. The highest BCUT2D eigenvalue weighted by atomic mass is 19.1. The van der Waals surface area contributed by atoms with Crippen molar-refractivity contribution in [2.75, 3.05) is 6.54 Å². The molecule has 6 heteroatoms. The van der Waals surface area contributed by atoms with Crippen molar-refractivity contribution < 1.29 is 14.2 Å². The minimum Gasteiger partial charge on any atom is -0.435 e. The van der Waals surface area contributed by atoms with Crippen LogP contribution in [0.25, 0.3) is 5.69 Å². The number of hydrogen-bond acceptors (Lipinski definition) is 4. The van der Waals surface area contributed by atoms with Crippen LogP contribution in [0.1, 0.15) is 49.4 Å². The second kappa shape index (κ2) is 11.3. The van der Waals surface area contributed by atoms with Crippen LogP contribution in [0.4, 0.5) is 4.39 Å². The average molecular weight is 500 g/mol. The van der Waals surface area contributed by atoms with Crippen LogP contribution in [0.15, 0.2) is 84.9 Å². The monoisotopic (exact) mass is 499 g/mol. The highest BCUT2D eigenvalue weighted by molar-refractivity contribution is 5.44. The molecule has 0 amide bonds. The summed E-state index contributed by atoms with van der Waals surface area (Å²) in [6, 6.07) is 26.7. The first kappa shape index (κ1) is 25.2. The number of halogens is 1.